The van der Waals surface area contributed by atoms with Gasteiger partial charge in [-0.3, -0.25) is 0 Å². The molecule has 0 unspecified atom stereocenters. The minimum Gasteiger partial charge on any atom is -0.329 e. The molecule has 0 spiro atoms. The number of hydrogen-bond acceptors (Lipinski definition) is 2. The predicted octanol–water partition coefficient (Wildman–Crippen LogP) is 7.78. The van der Waals surface area contributed by atoms with Crippen molar-refractivity contribution in [1.82, 2.24) is 10.6 Å². The van der Waals surface area contributed by atoms with Crippen molar-refractivity contribution < 1.29 is 22.8 Å². The molecule has 2 atom stereocenters. The van der Waals surface area contributed by atoms with E-state index in [4.69, 9.17) is 11.6 Å². The molecule has 4 rings (SSSR count). The molecule has 0 aliphatic carbocycles. The van der Waals surface area contributed by atoms with Crippen LogP contribution in [-0.4, -0.2) is 12.1 Å². The Labute approximate surface area is 228 Å². The second kappa shape index (κ2) is 12.4. The van der Waals surface area contributed by atoms with Crippen molar-refractivity contribution in [3.8, 4) is 0 Å². The molecule has 4 amide bonds. The van der Waals surface area contributed by atoms with Gasteiger partial charge in [-0.2, -0.15) is 13.2 Å². The third-order valence-corrected chi connectivity index (χ3v) is 6.15. The molecule has 200 valence electrons. The Kier molecular flexibility index (Phi) is 8.73. The van der Waals surface area contributed by atoms with Gasteiger partial charge in [-0.15, -0.1) is 0 Å². The first-order chi connectivity index (χ1) is 18.7. The van der Waals surface area contributed by atoms with E-state index in [0.717, 1.165) is 12.1 Å². The number of para-hydroxylation sites is 1. The number of alkyl halides is 3. The summed E-state index contributed by atoms with van der Waals surface area (Å²) in [5.74, 6) is 0. The highest BCUT2D eigenvalue weighted by Gasteiger charge is 2.31. The number of halogens is 4. The van der Waals surface area contributed by atoms with Gasteiger partial charge >= 0.3 is 18.2 Å². The van der Waals surface area contributed by atoms with Crippen molar-refractivity contribution in [3.05, 3.63) is 131 Å². The Hall–Kier alpha value is -4.50. The van der Waals surface area contributed by atoms with Gasteiger partial charge in [0.25, 0.3) is 0 Å². The first-order valence-corrected chi connectivity index (χ1v) is 12.3. The topological polar surface area (TPSA) is 82.3 Å². The van der Waals surface area contributed by atoms with Gasteiger partial charge in [0.05, 0.1) is 28.4 Å². The number of anilines is 2. The Bertz CT molecular complexity index is 1400. The summed E-state index contributed by atoms with van der Waals surface area (Å²) >= 11 is 6.19. The summed E-state index contributed by atoms with van der Waals surface area (Å²) in [6, 6.07) is 26.2. The Balaban J connectivity index is 1.60. The van der Waals surface area contributed by atoms with E-state index in [1.165, 1.54) is 12.1 Å². The summed E-state index contributed by atoms with van der Waals surface area (Å²) in [7, 11) is 0. The van der Waals surface area contributed by atoms with E-state index in [9.17, 15) is 22.8 Å². The van der Waals surface area contributed by atoms with Crippen LogP contribution in [0.2, 0.25) is 5.02 Å². The van der Waals surface area contributed by atoms with Crippen LogP contribution >= 0.6 is 11.6 Å². The van der Waals surface area contributed by atoms with Crippen LogP contribution in [0, 0.1) is 0 Å². The molecule has 0 aliphatic heterocycles. The molecular formula is C29H24ClF3N4O2. The normalized spacial score (nSPS) is 12.6. The van der Waals surface area contributed by atoms with Crippen LogP contribution in [0.1, 0.15) is 28.8 Å². The highest BCUT2D eigenvalue weighted by Crippen LogP contribution is 2.31. The minimum atomic E-state index is -4.49. The van der Waals surface area contributed by atoms with E-state index < -0.39 is 35.9 Å². The van der Waals surface area contributed by atoms with E-state index in [2.05, 4.69) is 21.3 Å². The lowest BCUT2D eigenvalue weighted by atomic mass is 9.93. The predicted molar refractivity (Wildman–Crippen MR) is 146 cm³/mol. The molecule has 4 aromatic rings. The first-order valence-electron chi connectivity index (χ1n) is 11.9. The molecule has 39 heavy (non-hydrogen) atoms. The number of rotatable bonds is 7. The van der Waals surface area contributed by atoms with Crippen molar-refractivity contribution in [2.75, 3.05) is 10.6 Å². The standard InChI is InChI=1S/C29H24ClF3N4O2/c30-23-13-7-8-14-24(23)35-28(39)37-26(20-11-5-2-6-12-20)25(19-9-3-1-4-10-19)36-27(38)34-22-17-15-21(16-18-22)29(31,32)33/h1-18,25-26H,(H2,34,36,38)(H2,35,37,39)/t25-,26+/m0/s1. The molecule has 0 heterocycles. The first kappa shape index (κ1) is 27.5. The summed E-state index contributed by atoms with van der Waals surface area (Å²) in [4.78, 5) is 26.1. The maximum Gasteiger partial charge on any atom is 0.416 e. The summed E-state index contributed by atoms with van der Waals surface area (Å²) in [6.07, 6.45) is -4.49. The maximum absolute atomic E-state index is 13.1. The minimum absolute atomic E-state index is 0.174. The van der Waals surface area contributed by atoms with Crippen LogP contribution < -0.4 is 21.3 Å². The average molecular weight is 553 g/mol. The number of amides is 4. The molecule has 0 aliphatic rings. The lowest BCUT2D eigenvalue weighted by Gasteiger charge is -2.30. The molecule has 6 nitrogen and oxygen atoms in total. The molecule has 0 aromatic heterocycles. The lowest BCUT2D eigenvalue weighted by molar-refractivity contribution is -0.137. The number of urea groups is 2. The van der Waals surface area contributed by atoms with Gasteiger partial charge in [0, 0.05) is 5.69 Å². The smallest absolute Gasteiger partial charge is 0.329 e. The van der Waals surface area contributed by atoms with Crippen molar-refractivity contribution in [2.24, 2.45) is 0 Å². The molecule has 0 fully saturated rings. The number of benzene rings is 4. The molecule has 0 saturated carbocycles. The van der Waals surface area contributed by atoms with Gasteiger partial charge in [-0.25, -0.2) is 9.59 Å². The van der Waals surface area contributed by atoms with Crippen LogP contribution in [0.5, 0.6) is 0 Å². The van der Waals surface area contributed by atoms with Gasteiger partial charge in [0.2, 0.25) is 0 Å². The maximum atomic E-state index is 13.1. The molecule has 4 aromatic carbocycles. The zero-order valence-corrected chi connectivity index (χ0v) is 21.1. The van der Waals surface area contributed by atoms with Gasteiger partial charge in [0.1, 0.15) is 0 Å². The Morgan fingerprint density at radius 1 is 0.615 bits per heavy atom. The van der Waals surface area contributed by atoms with Gasteiger partial charge in [-0.05, 0) is 47.5 Å². The Morgan fingerprint density at radius 3 is 1.56 bits per heavy atom. The van der Waals surface area contributed by atoms with Crippen molar-refractivity contribution in [2.45, 2.75) is 18.3 Å². The van der Waals surface area contributed by atoms with E-state index in [0.29, 0.717) is 21.8 Å². The fourth-order valence-corrected chi connectivity index (χ4v) is 4.14. The summed E-state index contributed by atoms with van der Waals surface area (Å²) < 4.78 is 38.7. The average Bonchev–Trinajstić information content (AvgIpc) is 2.93. The third kappa shape index (κ3) is 7.52. The monoisotopic (exact) mass is 552 g/mol. The highest BCUT2D eigenvalue weighted by atomic mass is 35.5. The molecule has 0 saturated heterocycles. The summed E-state index contributed by atoms with van der Waals surface area (Å²) in [6.45, 7) is 0. The number of nitrogens with one attached hydrogen (secondary N) is 4. The zero-order valence-electron chi connectivity index (χ0n) is 20.4. The highest BCUT2D eigenvalue weighted by molar-refractivity contribution is 6.33. The SMILES string of the molecule is O=C(Nc1ccccc1Cl)N[C@H](c1ccccc1)[C@@H](NC(=O)Nc1ccc(C(F)(F)F)cc1)c1ccccc1. The Morgan fingerprint density at radius 2 is 1.08 bits per heavy atom. The van der Waals surface area contributed by atoms with Crippen LogP contribution in [0.25, 0.3) is 0 Å². The lowest BCUT2D eigenvalue weighted by Crippen LogP contribution is -2.43. The van der Waals surface area contributed by atoms with E-state index >= 15 is 0 Å². The van der Waals surface area contributed by atoms with Crippen molar-refractivity contribution in [3.63, 3.8) is 0 Å². The number of hydrogen-bond donors (Lipinski definition) is 4. The van der Waals surface area contributed by atoms with Crippen LogP contribution in [-0.2, 0) is 6.18 Å². The molecule has 0 bridgehead atoms. The summed E-state index contributed by atoms with van der Waals surface area (Å²) in [5.41, 5.74) is 1.15. The van der Waals surface area contributed by atoms with Gasteiger partial charge in [-0.1, -0.05) is 84.4 Å². The van der Waals surface area contributed by atoms with Crippen molar-refractivity contribution in [1.29, 1.82) is 0 Å². The second-order valence-corrected chi connectivity index (χ2v) is 8.94. The second-order valence-electron chi connectivity index (χ2n) is 8.53. The van der Waals surface area contributed by atoms with E-state index in [1.807, 2.05) is 24.3 Å². The van der Waals surface area contributed by atoms with E-state index in [-0.39, 0.29) is 5.69 Å². The van der Waals surface area contributed by atoms with E-state index in [1.54, 1.807) is 60.7 Å². The molecule has 10 heteroatoms. The fraction of sp³-hybridized carbons (Fsp3) is 0.103. The van der Waals surface area contributed by atoms with Crippen LogP contribution in [0.4, 0.5) is 34.1 Å². The van der Waals surface area contributed by atoms with Crippen LogP contribution in [0.15, 0.2) is 109 Å². The zero-order chi connectivity index (χ0) is 27.8. The largest absolute Gasteiger partial charge is 0.416 e. The quantitative estimate of drug-likeness (QED) is 0.189. The fourth-order valence-electron chi connectivity index (χ4n) is 3.95. The number of carbonyl (C=O) groups is 2. The number of carbonyl (C=O) groups excluding carboxylic acids is 2. The molecule has 0 radical (unpaired) electrons. The van der Waals surface area contributed by atoms with Crippen LogP contribution in [0.3, 0.4) is 0 Å². The van der Waals surface area contributed by atoms with Crippen molar-refractivity contribution >= 4 is 35.0 Å². The van der Waals surface area contributed by atoms with Gasteiger partial charge in [0.15, 0.2) is 0 Å². The molecular weight excluding hydrogens is 529 g/mol. The van der Waals surface area contributed by atoms with Gasteiger partial charge < -0.3 is 21.3 Å². The summed E-state index contributed by atoms with van der Waals surface area (Å²) in [5, 5.41) is 11.4. The molecule has 4 N–H and O–H groups in total. The third-order valence-electron chi connectivity index (χ3n) is 5.82.